The van der Waals surface area contributed by atoms with Gasteiger partial charge in [0.25, 0.3) is 0 Å². The van der Waals surface area contributed by atoms with Gasteiger partial charge in [-0.15, -0.1) is 0 Å². The second-order valence-electron chi connectivity index (χ2n) is 4.67. The van der Waals surface area contributed by atoms with E-state index in [4.69, 9.17) is 5.73 Å². The van der Waals surface area contributed by atoms with Crippen molar-refractivity contribution in [2.75, 3.05) is 0 Å². The van der Waals surface area contributed by atoms with Crippen LogP contribution in [-0.4, -0.2) is 4.98 Å². The van der Waals surface area contributed by atoms with Crippen LogP contribution in [0.25, 0.3) is 10.9 Å². The Morgan fingerprint density at radius 1 is 1.38 bits per heavy atom. The van der Waals surface area contributed by atoms with Crippen molar-refractivity contribution in [3.8, 4) is 0 Å². The van der Waals surface area contributed by atoms with Gasteiger partial charge < -0.3 is 10.7 Å². The normalized spacial score (nSPS) is 13.6. The molecule has 0 aliphatic carbocycles. The Labute approximate surface area is 104 Å². The summed E-state index contributed by atoms with van der Waals surface area (Å²) in [4.78, 5) is 3.27. The van der Waals surface area contributed by atoms with Crippen LogP contribution < -0.4 is 5.73 Å². The van der Waals surface area contributed by atoms with E-state index < -0.39 is 0 Å². The first kappa shape index (κ1) is 11.7. The molecule has 0 saturated heterocycles. The van der Waals surface area contributed by atoms with E-state index >= 15 is 0 Å². The molecule has 0 saturated carbocycles. The molecule has 0 aliphatic heterocycles. The van der Waals surface area contributed by atoms with Gasteiger partial charge in [-0.3, -0.25) is 0 Å². The third-order valence-electron chi connectivity index (χ3n) is 2.80. The Morgan fingerprint density at radius 2 is 2.12 bits per heavy atom. The lowest BCUT2D eigenvalue weighted by Gasteiger charge is -2.13. The maximum atomic E-state index is 6.22. The van der Waals surface area contributed by atoms with Gasteiger partial charge in [-0.25, -0.2) is 0 Å². The topological polar surface area (TPSA) is 41.8 Å². The van der Waals surface area contributed by atoms with Crippen LogP contribution in [0.2, 0.25) is 0 Å². The number of H-pyrrole nitrogens is 1. The van der Waals surface area contributed by atoms with Gasteiger partial charge in [0.15, 0.2) is 0 Å². The van der Waals surface area contributed by atoms with Crippen molar-refractivity contribution in [2.24, 2.45) is 11.7 Å². The number of rotatable bonds is 3. The minimum atomic E-state index is 0.114. The van der Waals surface area contributed by atoms with Crippen molar-refractivity contribution in [1.29, 1.82) is 0 Å². The minimum absolute atomic E-state index is 0.114. The Hall–Kier alpha value is -0.800. The predicted molar refractivity (Wildman–Crippen MR) is 72.4 cm³/mol. The molecule has 0 bridgehead atoms. The van der Waals surface area contributed by atoms with Crippen LogP contribution in [0.4, 0.5) is 0 Å². The largest absolute Gasteiger partial charge is 0.361 e. The molecule has 0 unspecified atom stereocenters. The van der Waals surface area contributed by atoms with Crippen molar-refractivity contribution in [2.45, 2.75) is 26.3 Å². The monoisotopic (exact) mass is 280 g/mol. The second-order valence-corrected chi connectivity index (χ2v) is 5.59. The Kier molecular flexibility index (Phi) is 3.36. The molecule has 2 rings (SSSR count). The van der Waals surface area contributed by atoms with Crippen LogP contribution in [-0.2, 0) is 0 Å². The summed E-state index contributed by atoms with van der Waals surface area (Å²) in [5, 5.41) is 1.22. The van der Waals surface area contributed by atoms with Crippen LogP contribution in [0.3, 0.4) is 0 Å². The van der Waals surface area contributed by atoms with Crippen molar-refractivity contribution in [3.05, 3.63) is 34.4 Å². The number of aromatic amines is 1. The summed E-state index contributed by atoms with van der Waals surface area (Å²) in [7, 11) is 0. The van der Waals surface area contributed by atoms with Gasteiger partial charge in [-0.2, -0.15) is 0 Å². The first-order chi connectivity index (χ1) is 7.58. The third-order valence-corrected chi connectivity index (χ3v) is 3.29. The van der Waals surface area contributed by atoms with Crippen molar-refractivity contribution >= 4 is 26.8 Å². The molecular weight excluding hydrogens is 264 g/mol. The lowest BCUT2D eigenvalue weighted by molar-refractivity contribution is 0.512. The van der Waals surface area contributed by atoms with Gasteiger partial charge in [0.1, 0.15) is 0 Å². The molecular formula is C13H17BrN2. The van der Waals surface area contributed by atoms with Gasteiger partial charge in [-0.05, 0) is 36.1 Å². The number of aromatic nitrogens is 1. The van der Waals surface area contributed by atoms with Crippen molar-refractivity contribution in [3.63, 3.8) is 0 Å². The number of nitrogens with one attached hydrogen (secondary N) is 1. The van der Waals surface area contributed by atoms with Gasteiger partial charge in [0, 0.05) is 27.6 Å². The van der Waals surface area contributed by atoms with Gasteiger partial charge in [-0.1, -0.05) is 29.8 Å². The molecule has 1 aromatic heterocycles. The summed E-state index contributed by atoms with van der Waals surface area (Å²) in [5.74, 6) is 0.618. The molecule has 1 atom stereocenters. The number of fused-ring (bicyclic) bond motifs is 1. The number of hydrogen-bond donors (Lipinski definition) is 2. The molecule has 2 aromatic rings. The molecule has 0 radical (unpaired) electrons. The van der Waals surface area contributed by atoms with E-state index in [9.17, 15) is 0 Å². The van der Waals surface area contributed by atoms with Crippen molar-refractivity contribution < 1.29 is 0 Å². The fraction of sp³-hybridized carbons (Fsp3) is 0.385. The summed E-state index contributed by atoms with van der Waals surface area (Å²) in [6, 6.07) is 6.35. The first-order valence-corrected chi connectivity index (χ1v) is 6.39. The number of benzene rings is 1. The molecule has 0 amide bonds. The summed E-state index contributed by atoms with van der Waals surface area (Å²) in [6.07, 6.45) is 3.05. The fourth-order valence-corrected chi connectivity index (χ4v) is 2.42. The first-order valence-electron chi connectivity index (χ1n) is 5.60. The zero-order chi connectivity index (χ0) is 11.7. The Balaban J connectivity index is 2.40. The van der Waals surface area contributed by atoms with E-state index in [1.807, 2.05) is 12.3 Å². The molecule has 1 heterocycles. The highest BCUT2D eigenvalue weighted by molar-refractivity contribution is 9.10. The third kappa shape index (κ3) is 2.30. The maximum absolute atomic E-state index is 6.22. The average molecular weight is 281 g/mol. The summed E-state index contributed by atoms with van der Waals surface area (Å²) in [6.45, 7) is 4.40. The lowest BCUT2D eigenvalue weighted by Crippen LogP contribution is -2.12. The smallest absolute Gasteiger partial charge is 0.0458 e. The number of hydrogen-bond acceptors (Lipinski definition) is 1. The van der Waals surface area contributed by atoms with Gasteiger partial charge >= 0.3 is 0 Å². The standard InChI is InChI=1S/C13H17BrN2/c1-8(2)5-12(15)11-7-16-13-4-3-9(14)6-10(11)13/h3-4,6-8,12,16H,5,15H2,1-2H3/t12-/m0/s1. The zero-order valence-corrected chi connectivity index (χ0v) is 11.2. The van der Waals surface area contributed by atoms with E-state index in [2.05, 4.69) is 46.9 Å². The number of halogens is 1. The second kappa shape index (κ2) is 4.60. The fourth-order valence-electron chi connectivity index (χ4n) is 2.06. The molecule has 0 spiro atoms. The minimum Gasteiger partial charge on any atom is -0.361 e. The SMILES string of the molecule is CC(C)C[C@H](N)c1c[nH]c2ccc(Br)cc12. The molecule has 0 fully saturated rings. The lowest BCUT2D eigenvalue weighted by atomic mass is 9.97. The molecule has 0 aliphatic rings. The van der Waals surface area contributed by atoms with Crippen LogP contribution in [0, 0.1) is 5.92 Å². The Bertz CT molecular complexity index is 488. The van der Waals surface area contributed by atoms with Crippen molar-refractivity contribution in [1.82, 2.24) is 4.98 Å². The molecule has 3 N–H and O–H groups in total. The molecule has 86 valence electrons. The number of nitrogens with two attached hydrogens (primary N) is 1. The van der Waals surface area contributed by atoms with E-state index in [-0.39, 0.29) is 6.04 Å². The van der Waals surface area contributed by atoms with Crippen LogP contribution in [0.15, 0.2) is 28.9 Å². The predicted octanol–water partition coefficient (Wildman–Crippen LogP) is 3.98. The molecule has 1 aromatic carbocycles. The highest BCUT2D eigenvalue weighted by atomic mass is 79.9. The molecule has 16 heavy (non-hydrogen) atoms. The quantitative estimate of drug-likeness (QED) is 0.878. The van der Waals surface area contributed by atoms with Crippen LogP contribution in [0.1, 0.15) is 31.9 Å². The van der Waals surface area contributed by atoms with E-state index in [0.29, 0.717) is 5.92 Å². The summed E-state index contributed by atoms with van der Waals surface area (Å²) >= 11 is 3.50. The average Bonchev–Trinajstić information content (AvgIpc) is 2.59. The van der Waals surface area contributed by atoms with E-state index in [1.165, 1.54) is 10.9 Å². The maximum Gasteiger partial charge on any atom is 0.0458 e. The van der Waals surface area contributed by atoms with Gasteiger partial charge in [0.05, 0.1) is 0 Å². The van der Waals surface area contributed by atoms with Crippen LogP contribution in [0.5, 0.6) is 0 Å². The van der Waals surface area contributed by atoms with E-state index in [0.717, 1.165) is 16.4 Å². The van der Waals surface area contributed by atoms with Gasteiger partial charge in [0.2, 0.25) is 0 Å². The van der Waals surface area contributed by atoms with Crippen LogP contribution >= 0.6 is 15.9 Å². The zero-order valence-electron chi connectivity index (χ0n) is 9.63. The molecule has 3 heteroatoms. The summed E-state index contributed by atoms with van der Waals surface area (Å²) < 4.78 is 1.09. The van der Waals surface area contributed by atoms with E-state index in [1.54, 1.807) is 0 Å². The highest BCUT2D eigenvalue weighted by Crippen LogP contribution is 2.28. The molecule has 2 nitrogen and oxygen atoms in total. The highest BCUT2D eigenvalue weighted by Gasteiger charge is 2.13. The summed E-state index contributed by atoms with van der Waals surface area (Å²) in [5.41, 5.74) is 8.58. The Morgan fingerprint density at radius 3 is 2.81 bits per heavy atom.